The van der Waals surface area contributed by atoms with Crippen molar-refractivity contribution in [3.63, 3.8) is 0 Å². The zero-order valence-corrected chi connectivity index (χ0v) is 15.5. The number of hydrogen-bond acceptors (Lipinski definition) is 6. The standard InChI is InChI=1S/C15H22N4O3S.ClH/c1-18-8-6-10-11(9-18)23-14(16-10)13(20)17-12-5-3-4-7-19(12)15(21)22-2;/h12H,3-9H2,1-2H3,(H,17,20);1H. The molecule has 1 aromatic rings. The predicted molar refractivity (Wildman–Crippen MR) is 93.6 cm³/mol. The Bertz CT molecular complexity index is 610. The fraction of sp³-hybridized carbons (Fsp3) is 0.667. The Kier molecular flexibility index (Phi) is 6.42. The van der Waals surface area contributed by atoms with Gasteiger partial charge in [0.15, 0.2) is 5.01 Å². The minimum absolute atomic E-state index is 0. The van der Waals surface area contributed by atoms with E-state index in [2.05, 4.69) is 22.2 Å². The highest BCUT2D eigenvalue weighted by Crippen LogP contribution is 2.25. The zero-order chi connectivity index (χ0) is 16.4. The lowest BCUT2D eigenvalue weighted by molar-refractivity contribution is 0.0677. The maximum absolute atomic E-state index is 12.5. The average molecular weight is 375 g/mol. The Hall–Kier alpha value is -1.38. The van der Waals surface area contributed by atoms with E-state index in [0.29, 0.717) is 11.6 Å². The van der Waals surface area contributed by atoms with E-state index < -0.39 is 6.09 Å². The molecule has 2 aliphatic rings. The number of likely N-dealkylation sites (tertiary alicyclic amines) is 1. The number of ether oxygens (including phenoxy) is 1. The van der Waals surface area contributed by atoms with E-state index in [0.717, 1.165) is 49.3 Å². The highest BCUT2D eigenvalue weighted by molar-refractivity contribution is 7.13. The molecule has 1 unspecified atom stereocenters. The summed E-state index contributed by atoms with van der Waals surface area (Å²) in [5.74, 6) is -0.201. The van der Waals surface area contributed by atoms with Gasteiger partial charge in [0, 0.05) is 30.9 Å². The number of nitrogens with one attached hydrogen (secondary N) is 1. The number of carbonyl (C=O) groups excluding carboxylic acids is 2. The minimum atomic E-state index is -0.393. The quantitative estimate of drug-likeness (QED) is 0.855. The maximum Gasteiger partial charge on any atom is 0.411 e. The first kappa shape index (κ1) is 19.0. The third-order valence-corrected chi connectivity index (χ3v) is 5.41. The van der Waals surface area contributed by atoms with Crippen molar-refractivity contribution in [3.8, 4) is 0 Å². The van der Waals surface area contributed by atoms with Crippen LogP contribution in [0.5, 0.6) is 0 Å². The number of piperidine rings is 1. The van der Waals surface area contributed by atoms with Crippen LogP contribution < -0.4 is 5.32 Å². The number of carbonyl (C=O) groups is 2. The van der Waals surface area contributed by atoms with Gasteiger partial charge in [-0.3, -0.25) is 9.69 Å². The van der Waals surface area contributed by atoms with Crippen LogP contribution in [0.4, 0.5) is 4.79 Å². The molecule has 1 fully saturated rings. The Labute approximate surface area is 151 Å². The van der Waals surface area contributed by atoms with Crippen molar-refractivity contribution in [1.82, 2.24) is 20.1 Å². The molecule has 3 heterocycles. The molecule has 134 valence electrons. The summed E-state index contributed by atoms with van der Waals surface area (Å²) in [6.07, 6.45) is 2.83. The molecule has 7 nitrogen and oxygen atoms in total. The van der Waals surface area contributed by atoms with E-state index in [1.165, 1.54) is 18.4 Å². The molecule has 1 aromatic heterocycles. The Morgan fingerprint density at radius 1 is 1.33 bits per heavy atom. The first-order valence-electron chi connectivity index (χ1n) is 7.91. The van der Waals surface area contributed by atoms with Gasteiger partial charge >= 0.3 is 6.09 Å². The van der Waals surface area contributed by atoms with Crippen molar-refractivity contribution >= 4 is 35.7 Å². The molecule has 1 saturated heterocycles. The second kappa shape index (κ2) is 8.13. The van der Waals surface area contributed by atoms with Crippen LogP contribution in [0.25, 0.3) is 0 Å². The SMILES string of the molecule is COC(=O)N1CCCCC1NC(=O)c1nc2c(s1)CN(C)CC2.Cl. The highest BCUT2D eigenvalue weighted by atomic mass is 35.5. The van der Waals surface area contributed by atoms with E-state index >= 15 is 0 Å². The molecule has 1 atom stereocenters. The summed E-state index contributed by atoms with van der Waals surface area (Å²) in [4.78, 5) is 33.8. The first-order chi connectivity index (χ1) is 11.1. The third kappa shape index (κ3) is 3.99. The Morgan fingerprint density at radius 3 is 2.88 bits per heavy atom. The van der Waals surface area contributed by atoms with Gasteiger partial charge < -0.3 is 15.0 Å². The topological polar surface area (TPSA) is 74.8 Å². The molecule has 1 N–H and O–H groups in total. The van der Waals surface area contributed by atoms with Gasteiger partial charge in [0.05, 0.1) is 12.8 Å². The Morgan fingerprint density at radius 2 is 2.12 bits per heavy atom. The molecule has 24 heavy (non-hydrogen) atoms. The first-order valence-corrected chi connectivity index (χ1v) is 8.72. The summed E-state index contributed by atoms with van der Waals surface area (Å²) < 4.78 is 4.80. The number of halogens is 1. The molecular weight excluding hydrogens is 352 g/mol. The number of nitrogens with zero attached hydrogens (tertiary/aromatic N) is 3. The summed E-state index contributed by atoms with van der Waals surface area (Å²) in [5, 5.41) is 3.43. The van der Waals surface area contributed by atoms with E-state index in [1.54, 1.807) is 4.90 Å². The van der Waals surface area contributed by atoms with Crippen LogP contribution in [-0.2, 0) is 17.7 Å². The maximum atomic E-state index is 12.5. The van der Waals surface area contributed by atoms with E-state index in [-0.39, 0.29) is 24.5 Å². The molecule has 2 aliphatic heterocycles. The van der Waals surface area contributed by atoms with Crippen molar-refractivity contribution < 1.29 is 14.3 Å². The molecular formula is C15H23ClN4O3S. The van der Waals surface area contributed by atoms with Gasteiger partial charge in [0.25, 0.3) is 5.91 Å². The molecule has 0 radical (unpaired) electrons. The number of rotatable bonds is 2. The highest BCUT2D eigenvalue weighted by Gasteiger charge is 2.30. The third-order valence-electron chi connectivity index (χ3n) is 4.33. The molecule has 0 aromatic carbocycles. The summed E-state index contributed by atoms with van der Waals surface area (Å²) in [7, 11) is 3.43. The largest absolute Gasteiger partial charge is 0.453 e. The van der Waals surface area contributed by atoms with Crippen molar-refractivity contribution in [2.24, 2.45) is 0 Å². The fourth-order valence-electron chi connectivity index (χ4n) is 3.05. The summed E-state index contributed by atoms with van der Waals surface area (Å²) >= 11 is 1.45. The average Bonchev–Trinajstić information content (AvgIpc) is 2.98. The molecule has 0 saturated carbocycles. The smallest absolute Gasteiger partial charge is 0.411 e. The summed E-state index contributed by atoms with van der Waals surface area (Å²) in [6.45, 7) is 2.42. The van der Waals surface area contributed by atoms with Crippen LogP contribution in [0, 0.1) is 0 Å². The molecule has 0 spiro atoms. The minimum Gasteiger partial charge on any atom is -0.453 e. The summed E-state index contributed by atoms with van der Waals surface area (Å²) in [5.41, 5.74) is 1.03. The van der Waals surface area contributed by atoms with Crippen LogP contribution >= 0.6 is 23.7 Å². The molecule has 0 aliphatic carbocycles. The van der Waals surface area contributed by atoms with Gasteiger partial charge in [-0.25, -0.2) is 9.78 Å². The van der Waals surface area contributed by atoms with Crippen molar-refractivity contribution in [2.75, 3.05) is 27.2 Å². The molecule has 9 heteroatoms. The number of hydrogen-bond donors (Lipinski definition) is 1. The van der Waals surface area contributed by atoms with Crippen LogP contribution in [0.2, 0.25) is 0 Å². The molecule has 3 rings (SSSR count). The lowest BCUT2D eigenvalue weighted by Gasteiger charge is -2.34. The van der Waals surface area contributed by atoms with Gasteiger partial charge in [-0.05, 0) is 26.3 Å². The van der Waals surface area contributed by atoms with Gasteiger partial charge in [-0.2, -0.15) is 0 Å². The second-order valence-electron chi connectivity index (χ2n) is 6.03. The predicted octanol–water partition coefficient (Wildman–Crippen LogP) is 1.86. The van der Waals surface area contributed by atoms with Crippen LogP contribution in [0.3, 0.4) is 0 Å². The Balaban J connectivity index is 0.00000208. The van der Waals surface area contributed by atoms with Crippen LogP contribution in [0.1, 0.15) is 39.6 Å². The number of methoxy groups -OCH3 is 1. The fourth-order valence-corrected chi connectivity index (χ4v) is 4.14. The van der Waals surface area contributed by atoms with Crippen molar-refractivity contribution in [3.05, 3.63) is 15.6 Å². The van der Waals surface area contributed by atoms with Gasteiger partial charge in [-0.15, -0.1) is 23.7 Å². The lowest BCUT2D eigenvalue weighted by Crippen LogP contribution is -2.53. The van der Waals surface area contributed by atoms with Crippen molar-refractivity contribution in [2.45, 2.75) is 38.4 Å². The van der Waals surface area contributed by atoms with Gasteiger partial charge in [-0.1, -0.05) is 0 Å². The van der Waals surface area contributed by atoms with Crippen LogP contribution in [-0.4, -0.2) is 60.2 Å². The monoisotopic (exact) mass is 374 g/mol. The number of thiazole rings is 1. The van der Waals surface area contributed by atoms with E-state index in [1.807, 2.05) is 0 Å². The number of likely N-dealkylation sites (N-methyl/N-ethyl adjacent to an activating group) is 1. The number of amides is 2. The van der Waals surface area contributed by atoms with Crippen LogP contribution in [0.15, 0.2) is 0 Å². The number of aromatic nitrogens is 1. The van der Waals surface area contributed by atoms with E-state index in [4.69, 9.17) is 4.74 Å². The lowest BCUT2D eigenvalue weighted by atomic mass is 10.1. The van der Waals surface area contributed by atoms with Crippen molar-refractivity contribution in [1.29, 1.82) is 0 Å². The second-order valence-corrected chi connectivity index (χ2v) is 7.11. The molecule has 2 amide bonds. The zero-order valence-electron chi connectivity index (χ0n) is 13.9. The molecule has 0 bridgehead atoms. The van der Waals surface area contributed by atoms with E-state index in [9.17, 15) is 9.59 Å². The van der Waals surface area contributed by atoms with Gasteiger partial charge in [0.1, 0.15) is 6.17 Å². The summed E-state index contributed by atoms with van der Waals surface area (Å²) in [6, 6.07) is 0. The normalized spacial score (nSPS) is 20.8. The number of fused-ring (bicyclic) bond motifs is 1. The van der Waals surface area contributed by atoms with Gasteiger partial charge in [0.2, 0.25) is 0 Å².